The number of likely N-dealkylation sites (N-methyl/N-ethyl adjacent to an activating group) is 1. The molecule has 0 aliphatic carbocycles. The molecule has 5 rings (SSSR count). The summed E-state index contributed by atoms with van der Waals surface area (Å²) in [4.78, 5) is 14.1. The number of hydrogen-bond donors (Lipinski definition) is 0. The zero-order chi connectivity index (χ0) is 20.8. The first-order valence-electron chi connectivity index (χ1n) is 9.17. The van der Waals surface area contributed by atoms with Crippen molar-refractivity contribution in [3.63, 3.8) is 0 Å². The molecule has 30 heavy (non-hydrogen) atoms. The smallest absolute Gasteiger partial charge is 0.169 e. The van der Waals surface area contributed by atoms with Crippen LogP contribution in [0, 0.1) is 11.6 Å². The van der Waals surface area contributed by atoms with Crippen molar-refractivity contribution in [2.24, 2.45) is 0 Å². The van der Waals surface area contributed by atoms with Gasteiger partial charge in [0.1, 0.15) is 29.4 Å². The van der Waals surface area contributed by atoms with E-state index in [1.54, 1.807) is 15.9 Å². The van der Waals surface area contributed by atoms with Crippen molar-refractivity contribution in [2.75, 3.05) is 13.6 Å². The van der Waals surface area contributed by atoms with Gasteiger partial charge in [-0.3, -0.25) is 4.68 Å². The Morgan fingerprint density at radius 3 is 2.77 bits per heavy atom. The average molecular weight is 410 g/mol. The van der Waals surface area contributed by atoms with E-state index in [0.29, 0.717) is 35.9 Å². The molecule has 0 amide bonds. The Hall–Kier alpha value is -3.66. The topological polar surface area (TPSA) is 82.1 Å². The third kappa shape index (κ3) is 3.20. The van der Waals surface area contributed by atoms with E-state index in [9.17, 15) is 8.78 Å². The number of aromatic nitrogens is 5. The normalized spacial score (nSPS) is 14.7. The summed E-state index contributed by atoms with van der Waals surface area (Å²) in [5, 5.41) is 10.1. The first-order valence-corrected chi connectivity index (χ1v) is 9.17. The van der Waals surface area contributed by atoms with Gasteiger partial charge >= 0.3 is 0 Å². The first kappa shape index (κ1) is 18.4. The van der Waals surface area contributed by atoms with Crippen LogP contribution in [-0.4, -0.2) is 43.6 Å². The quantitative estimate of drug-likeness (QED) is 0.510. The second-order valence-corrected chi connectivity index (χ2v) is 6.98. The molecule has 0 N–H and O–H groups in total. The minimum atomic E-state index is -0.978. The number of hydroxylamine groups is 2. The highest BCUT2D eigenvalue weighted by Crippen LogP contribution is 2.28. The molecule has 0 radical (unpaired) electrons. The van der Waals surface area contributed by atoms with Crippen molar-refractivity contribution in [1.29, 1.82) is 0 Å². The lowest BCUT2D eigenvalue weighted by atomic mass is 10.1. The van der Waals surface area contributed by atoms with Gasteiger partial charge in [0.05, 0.1) is 24.5 Å². The first-order chi connectivity index (χ1) is 14.5. The predicted octanol–water partition coefficient (Wildman–Crippen LogP) is 3.37. The molecule has 4 heterocycles. The molecule has 0 spiro atoms. The number of allylic oxidation sites excluding steroid dienone is 1. The zero-order valence-corrected chi connectivity index (χ0v) is 16.1. The third-order valence-corrected chi connectivity index (χ3v) is 4.79. The highest BCUT2D eigenvalue weighted by atomic mass is 19.2. The molecule has 152 valence electrons. The lowest BCUT2D eigenvalue weighted by Gasteiger charge is -2.05. The second-order valence-electron chi connectivity index (χ2n) is 6.98. The van der Waals surface area contributed by atoms with Crippen LogP contribution >= 0.6 is 0 Å². The minimum absolute atomic E-state index is 0.00465. The molecule has 3 aliphatic rings. The number of benzene rings is 1. The SMILES string of the molecule is CC1=C(c2cc(Cn3cc4nc(-c5cccc(F)c5F)nc-4cn3)on2)CN(C)O1. The largest absolute Gasteiger partial charge is 0.410 e. The molecule has 0 saturated heterocycles. The summed E-state index contributed by atoms with van der Waals surface area (Å²) in [5.74, 6) is -0.425. The molecule has 0 saturated carbocycles. The fourth-order valence-corrected chi connectivity index (χ4v) is 3.35. The van der Waals surface area contributed by atoms with Crippen LogP contribution in [0.3, 0.4) is 0 Å². The van der Waals surface area contributed by atoms with Gasteiger partial charge in [-0.05, 0) is 19.1 Å². The third-order valence-electron chi connectivity index (χ3n) is 4.79. The summed E-state index contributed by atoms with van der Waals surface area (Å²) in [6.45, 7) is 2.82. The Kier molecular flexibility index (Phi) is 4.28. The summed E-state index contributed by atoms with van der Waals surface area (Å²) in [6, 6.07) is 5.74. The van der Waals surface area contributed by atoms with Crippen molar-refractivity contribution in [3.05, 3.63) is 65.5 Å². The fourth-order valence-electron chi connectivity index (χ4n) is 3.35. The summed E-state index contributed by atoms with van der Waals surface area (Å²) >= 11 is 0. The fraction of sp³-hybridized carbons (Fsp3) is 0.200. The molecule has 1 aromatic heterocycles. The standard InChI is InChI=1S/C20H16F2N6O2/c1-11-14(9-27(2)30-11)16-6-12(29-26-16)8-28-10-18-17(7-23-28)24-20(25-18)13-4-3-5-15(21)19(13)22/h3-7,10H,8-9H2,1-2H3. The molecular weight excluding hydrogens is 394 g/mol. The van der Waals surface area contributed by atoms with Crippen LogP contribution in [0.15, 0.2) is 46.9 Å². The van der Waals surface area contributed by atoms with Gasteiger partial charge in [-0.25, -0.2) is 18.7 Å². The molecule has 10 heteroatoms. The molecule has 1 aromatic carbocycles. The van der Waals surface area contributed by atoms with Crippen LogP contribution in [0.5, 0.6) is 0 Å². The molecule has 0 bridgehead atoms. The second kappa shape index (κ2) is 6.99. The van der Waals surface area contributed by atoms with Crippen LogP contribution in [0.2, 0.25) is 0 Å². The monoisotopic (exact) mass is 410 g/mol. The van der Waals surface area contributed by atoms with Crippen LogP contribution in [0.1, 0.15) is 18.4 Å². The van der Waals surface area contributed by atoms with E-state index in [4.69, 9.17) is 9.36 Å². The molecule has 0 atom stereocenters. The number of nitrogens with zero attached hydrogens (tertiary/aromatic N) is 6. The van der Waals surface area contributed by atoms with Crippen molar-refractivity contribution in [2.45, 2.75) is 13.5 Å². The van der Waals surface area contributed by atoms with Gasteiger partial charge in [-0.1, -0.05) is 11.2 Å². The Bertz CT molecular complexity index is 1250. The van der Waals surface area contributed by atoms with Gasteiger partial charge in [0.25, 0.3) is 0 Å². The summed E-state index contributed by atoms with van der Waals surface area (Å²) in [5.41, 5.74) is 2.67. The number of hydrogen-bond acceptors (Lipinski definition) is 7. The van der Waals surface area contributed by atoms with Gasteiger partial charge in [0, 0.05) is 18.7 Å². The van der Waals surface area contributed by atoms with Crippen molar-refractivity contribution >= 4 is 5.57 Å². The lowest BCUT2D eigenvalue weighted by molar-refractivity contribution is -0.0655. The highest BCUT2D eigenvalue weighted by Gasteiger charge is 2.23. The van der Waals surface area contributed by atoms with E-state index in [2.05, 4.69) is 20.2 Å². The highest BCUT2D eigenvalue weighted by molar-refractivity contribution is 5.67. The van der Waals surface area contributed by atoms with E-state index in [1.807, 2.05) is 20.0 Å². The molecule has 0 fully saturated rings. The summed E-state index contributed by atoms with van der Waals surface area (Å²) in [6.07, 6.45) is 3.19. The van der Waals surface area contributed by atoms with E-state index in [-0.39, 0.29) is 11.4 Å². The van der Waals surface area contributed by atoms with Gasteiger partial charge in [-0.2, -0.15) is 5.10 Å². The average Bonchev–Trinajstić information content (AvgIpc) is 3.42. The van der Waals surface area contributed by atoms with E-state index >= 15 is 0 Å². The van der Waals surface area contributed by atoms with Crippen LogP contribution in [0.4, 0.5) is 8.78 Å². The number of rotatable bonds is 4. The number of halogens is 2. The zero-order valence-electron chi connectivity index (χ0n) is 16.1. The molecule has 0 unspecified atom stereocenters. The molecule has 2 aromatic rings. The van der Waals surface area contributed by atoms with Crippen molar-refractivity contribution in [3.8, 4) is 22.8 Å². The Labute approximate surface area is 169 Å². The molecule has 8 nitrogen and oxygen atoms in total. The lowest BCUT2D eigenvalue weighted by Crippen LogP contribution is -2.12. The van der Waals surface area contributed by atoms with E-state index in [0.717, 1.165) is 17.4 Å². The van der Waals surface area contributed by atoms with Crippen LogP contribution in [-0.2, 0) is 11.4 Å². The van der Waals surface area contributed by atoms with E-state index in [1.165, 1.54) is 18.3 Å². The number of imidazole rings is 1. The van der Waals surface area contributed by atoms with E-state index < -0.39 is 11.6 Å². The Balaban J connectivity index is 1.41. The van der Waals surface area contributed by atoms with Crippen molar-refractivity contribution in [1.82, 2.24) is 30.0 Å². The molecule has 3 aliphatic heterocycles. The van der Waals surface area contributed by atoms with Crippen LogP contribution in [0.25, 0.3) is 28.3 Å². The van der Waals surface area contributed by atoms with Gasteiger partial charge in [-0.15, -0.1) is 5.06 Å². The maximum absolute atomic E-state index is 14.1. The number of fused-ring (bicyclic) bond motifs is 1. The van der Waals surface area contributed by atoms with Crippen LogP contribution < -0.4 is 0 Å². The Morgan fingerprint density at radius 1 is 1.13 bits per heavy atom. The Morgan fingerprint density at radius 2 is 1.97 bits per heavy atom. The summed E-state index contributed by atoms with van der Waals surface area (Å²) in [7, 11) is 1.84. The molecular formula is C20H16F2N6O2. The van der Waals surface area contributed by atoms with Gasteiger partial charge < -0.3 is 9.36 Å². The van der Waals surface area contributed by atoms with Gasteiger partial charge in [0.2, 0.25) is 0 Å². The maximum Gasteiger partial charge on any atom is 0.169 e. The maximum atomic E-state index is 14.1. The predicted molar refractivity (Wildman–Crippen MR) is 102 cm³/mol. The van der Waals surface area contributed by atoms with Gasteiger partial charge in [0.15, 0.2) is 23.2 Å². The minimum Gasteiger partial charge on any atom is -0.410 e. The van der Waals surface area contributed by atoms with Crippen molar-refractivity contribution < 1.29 is 18.1 Å². The summed E-state index contributed by atoms with van der Waals surface area (Å²) < 4.78 is 34.6.